The van der Waals surface area contributed by atoms with Gasteiger partial charge in [-0.1, -0.05) is 36.4 Å². The van der Waals surface area contributed by atoms with Crippen molar-refractivity contribution in [3.05, 3.63) is 42.5 Å². The summed E-state index contributed by atoms with van der Waals surface area (Å²) < 4.78 is 34.8. The molecule has 7 heteroatoms. The quantitative estimate of drug-likeness (QED) is 0.827. The Kier molecular flexibility index (Phi) is 5.75. The highest BCUT2D eigenvalue weighted by molar-refractivity contribution is 7.99. The standard InChI is InChI=1S/C20H26N2O3S2/c23-27(24,19-7-3-5-17-4-1-2-6-18(17)19)21-16-20(8-12-25-13-9-20)22-10-14-26-15-11-22/h1-7,21H,8-16H2. The van der Waals surface area contributed by atoms with Crippen molar-refractivity contribution >= 4 is 32.6 Å². The predicted molar refractivity (Wildman–Crippen MR) is 111 cm³/mol. The minimum atomic E-state index is -3.59. The number of hydrogen-bond donors (Lipinski definition) is 1. The van der Waals surface area contributed by atoms with E-state index in [9.17, 15) is 8.42 Å². The molecule has 2 aromatic carbocycles. The molecule has 0 amide bonds. The second-order valence-electron chi connectivity index (χ2n) is 7.24. The van der Waals surface area contributed by atoms with Crippen LogP contribution in [0.4, 0.5) is 0 Å². The summed E-state index contributed by atoms with van der Waals surface area (Å²) in [7, 11) is -3.59. The maximum atomic E-state index is 13.1. The van der Waals surface area contributed by atoms with E-state index in [0.29, 0.717) is 24.7 Å². The van der Waals surface area contributed by atoms with E-state index in [-0.39, 0.29) is 5.54 Å². The van der Waals surface area contributed by atoms with Crippen LogP contribution in [0.2, 0.25) is 0 Å². The molecule has 2 saturated heterocycles. The molecule has 0 atom stereocenters. The number of sulfonamides is 1. The van der Waals surface area contributed by atoms with Gasteiger partial charge in [-0.2, -0.15) is 11.8 Å². The van der Waals surface area contributed by atoms with E-state index in [0.717, 1.165) is 48.2 Å². The Hall–Kier alpha value is -1.12. The number of nitrogens with zero attached hydrogens (tertiary/aromatic N) is 1. The van der Waals surface area contributed by atoms with Gasteiger partial charge in [-0.05, 0) is 24.3 Å². The van der Waals surface area contributed by atoms with E-state index in [2.05, 4.69) is 9.62 Å². The highest BCUT2D eigenvalue weighted by atomic mass is 32.2. The lowest BCUT2D eigenvalue weighted by molar-refractivity contribution is -0.0218. The van der Waals surface area contributed by atoms with Crippen LogP contribution in [0.25, 0.3) is 10.8 Å². The van der Waals surface area contributed by atoms with Crippen molar-refractivity contribution in [1.29, 1.82) is 0 Å². The van der Waals surface area contributed by atoms with E-state index < -0.39 is 10.0 Å². The van der Waals surface area contributed by atoms with Gasteiger partial charge in [-0.3, -0.25) is 4.90 Å². The van der Waals surface area contributed by atoms with Crippen LogP contribution in [0.5, 0.6) is 0 Å². The molecule has 2 fully saturated rings. The van der Waals surface area contributed by atoms with Crippen molar-refractivity contribution in [3.63, 3.8) is 0 Å². The van der Waals surface area contributed by atoms with Crippen molar-refractivity contribution in [1.82, 2.24) is 9.62 Å². The van der Waals surface area contributed by atoms with E-state index in [1.54, 1.807) is 6.07 Å². The Bertz CT molecular complexity index is 884. The smallest absolute Gasteiger partial charge is 0.241 e. The number of hydrogen-bond acceptors (Lipinski definition) is 5. The summed E-state index contributed by atoms with van der Waals surface area (Å²) in [4.78, 5) is 2.84. The first-order valence-electron chi connectivity index (χ1n) is 9.49. The molecule has 0 unspecified atom stereocenters. The Morgan fingerprint density at radius 3 is 2.52 bits per heavy atom. The largest absolute Gasteiger partial charge is 0.381 e. The first kappa shape index (κ1) is 19.2. The van der Waals surface area contributed by atoms with E-state index in [1.165, 1.54) is 0 Å². The van der Waals surface area contributed by atoms with E-state index in [1.807, 2.05) is 48.2 Å². The van der Waals surface area contributed by atoms with Gasteiger partial charge in [0.05, 0.1) is 4.90 Å². The summed E-state index contributed by atoms with van der Waals surface area (Å²) >= 11 is 1.97. The zero-order chi connectivity index (χ0) is 18.7. The van der Waals surface area contributed by atoms with Crippen LogP contribution < -0.4 is 4.72 Å². The van der Waals surface area contributed by atoms with Gasteiger partial charge in [0, 0.05) is 55.3 Å². The van der Waals surface area contributed by atoms with Crippen molar-refractivity contribution in [2.24, 2.45) is 0 Å². The molecule has 146 valence electrons. The summed E-state index contributed by atoms with van der Waals surface area (Å²) in [6, 6.07) is 13.1. The molecule has 0 aliphatic carbocycles. The lowest BCUT2D eigenvalue weighted by Crippen LogP contribution is -2.60. The summed E-state index contributed by atoms with van der Waals surface area (Å²) in [5, 5.41) is 1.71. The van der Waals surface area contributed by atoms with E-state index in [4.69, 9.17) is 4.74 Å². The molecule has 0 radical (unpaired) electrons. The van der Waals surface area contributed by atoms with Gasteiger partial charge in [0.15, 0.2) is 0 Å². The molecule has 0 saturated carbocycles. The Morgan fingerprint density at radius 2 is 1.74 bits per heavy atom. The number of rotatable bonds is 5. The second kappa shape index (κ2) is 8.09. The Balaban J connectivity index is 1.59. The van der Waals surface area contributed by atoms with Gasteiger partial charge in [0.2, 0.25) is 10.0 Å². The van der Waals surface area contributed by atoms with Crippen LogP contribution >= 0.6 is 11.8 Å². The summed E-state index contributed by atoms with van der Waals surface area (Å²) in [5.74, 6) is 2.22. The van der Waals surface area contributed by atoms with Crippen LogP contribution in [0.15, 0.2) is 47.4 Å². The average molecular weight is 407 g/mol. The number of benzene rings is 2. The fourth-order valence-electron chi connectivity index (χ4n) is 4.13. The molecular formula is C20H26N2O3S2. The van der Waals surface area contributed by atoms with Gasteiger partial charge in [0.25, 0.3) is 0 Å². The van der Waals surface area contributed by atoms with Gasteiger partial charge in [0.1, 0.15) is 0 Å². The van der Waals surface area contributed by atoms with Crippen molar-refractivity contribution < 1.29 is 13.2 Å². The average Bonchev–Trinajstić information content (AvgIpc) is 2.73. The highest BCUT2D eigenvalue weighted by Crippen LogP contribution is 2.31. The first-order valence-corrected chi connectivity index (χ1v) is 12.1. The molecule has 0 aromatic heterocycles. The number of fused-ring (bicyclic) bond motifs is 1. The normalized spacial score (nSPS) is 21.3. The minimum Gasteiger partial charge on any atom is -0.381 e. The SMILES string of the molecule is O=S(=O)(NCC1(N2CCSCC2)CCOCC1)c1cccc2ccccc12. The molecule has 2 aromatic rings. The fourth-order valence-corrected chi connectivity index (χ4v) is 6.38. The lowest BCUT2D eigenvalue weighted by Gasteiger charge is -2.48. The summed E-state index contributed by atoms with van der Waals surface area (Å²) in [6.45, 7) is 3.85. The molecule has 0 spiro atoms. The van der Waals surface area contributed by atoms with Gasteiger partial charge in [-0.25, -0.2) is 13.1 Å². The van der Waals surface area contributed by atoms with Crippen LogP contribution in [-0.4, -0.2) is 63.2 Å². The van der Waals surface area contributed by atoms with E-state index >= 15 is 0 Å². The minimum absolute atomic E-state index is 0.142. The van der Waals surface area contributed by atoms with Crippen LogP contribution in [0.1, 0.15) is 12.8 Å². The van der Waals surface area contributed by atoms with Crippen molar-refractivity contribution in [2.45, 2.75) is 23.3 Å². The highest BCUT2D eigenvalue weighted by Gasteiger charge is 2.40. The van der Waals surface area contributed by atoms with Gasteiger partial charge in [-0.15, -0.1) is 0 Å². The third-order valence-corrected chi connectivity index (χ3v) is 8.14. The molecule has 4 rings (SSSR count). The van der Waals surface area contributed by atoms with Crippen LogP contribution in [-0.2, 0) is 14.8 Å². The Labute approximate surface area is 165 Å². The number of nitrogens with one attached hydrogen (secondary N) is 1. The number of ether oxygens (including phenoxy) is 1. The topological polar surface area (TPSA) is 58.6 Å². The predicted octanol–water partition coefficient (Wildman–Crippen LogP) is 2.72. The number of thioether (sulfide) groups is 1. The van der Waals surface area contributed by atoms with Gasteiger partial charge < -0.3 is 4.74 Å². The molecule has 0 bridgehead atoms. The third kappa shape index (κ3) is 4.03. The monoisotopic (exact) mass is 406 g/mol. The van der Waals surface area contributed by atoms with Crippen LogP contribution in [0.3, 0.4) is 0 Å². The maximum Gasteiger partial charge on any atom is 0.241 e. The van der Waals surface area contributed by atoms with Crippen molar-refractivity contribution in [2.75, 3.05) is 44.4 Å². The summed E-state index contributed by atoms with van der Waals surface area (Å²) in [6.07, 6.45) is 1.74. The van der Waals surface area contributed by atoms with Crippen LogP contribution in [0, 0.1) is 0 Å². The second-order valence-corrected chi connectivity index (χ2v) is 10.2. The molecule has 2 heterocycles. The van der Waals surface area contributed by atoms with Crippen molar-refractivity contribution in [3.8, 4) is 0 Å². The first-order chi connectivity index (χ1) is 13.1. The third-order valence-electron chi connectivity index (χ3n) is 5.74. The summed E-state index contributed by atoms with van der Waals surface area (Å²) in [5.41, 5.74) is -0.142. The maximum absolute atomic E-state index is 13.1. The van der Waals surface area contributed by atoms with Gasteiger partial charge >= 0.3 is 0 Å². The fraction of sp³-hybridized carbons (Fsp3) is 0.500. The lowest BCUT2D eigenvalue weighted by atomic mass is 9.88. The molecule has 27 heavy (non-hydrogen) atoms. The zero-order valence-corrected chi connectivity index (χ0v) is 17.0. The molecule has 2 aliphatic heterocycles. The zero-order valence-electron chi connectivity index (χ0n) is 15.4. The Morgan fingerprint density at radius 1 is 1.04 bits per heavy atom. The molecular weight excluding hydrogens is 380 g/mol. The molecule has 1 N–H and O–H groups in total. The molecule has 5 nitrogen and oxygen atoms in total. The molecule has 2 aliphatic rings.